The topological polar surface area (TPSA) is 76.7 Å². The van der Waals surface area contributed by atoms with Crippen LogP contribution in [0.4, 0.5) is 5.82 Å². The first-order valence-electron chi connectivity index (χ1n) is 4.24. The third-order valence-corrected chi connectivity index (χ3v) is 2.22. The van der Waals surface area contributed by atoms with Crippen LogP contribution in [0.3, 0.4) is 0 Å². The second kappa shape index (κ2) is 4.35. The van der Waals surface area contributed by atoms with Crippen molar-refractivity contribution in [2.45, 2.75) is 13.5 Å². The molecule has 7 heteroatoms. The summed E-state index contributed by atoms with van der Waals surface area (Å²) in [7, 11) is 0. The van der Waals surface area contributed by atoms with E-state index in [1.54, 1.807) is 13.1 Å². The van der Waals surface area contributed by atoms with Crippen LogP contribution in [0, 0.1) is 6.92 Å². The largest absolute Gasteiger partial charge is 0.360 e. The number of anilines is 1. The molecular formula is C8H8BrN5O. The summed E-state index contributed by atoms with van der Waals surface area (Å²) in [5.41, 5.74) is 0. The van der Waals surface area contributed by atoms with Crippen LogP contribution >= 0.6 is 15.9 Å². The zero-order valence-electron chi connectivity index (χ0n) is 7.94. The van der Waals surface area contributed by atoms with Gasteiger partial charge in [-0.3, -0.25) is 0 Å². The summed E-state index contributed by atoms with van der Waals surface area (Å²) < 4.78 is 5.74. The lowest BCUT2D eigenvalue weighted by atomic mass is 10.5. The van der Waals surface area contributed by atoms with E-state index in [2.05, 4.69) is 41.4 Å². The number of hydrogen-bond donors (Lipinski definition) is 1. The van der Waals surface area contributed by atoms with Crippen LogP contribution in [-0.4, -0.2) is 20.1 Å². The number of halogens is 1. The number of aromatic nitrogens is 4. The van der Waals surface area contributed by atoms with Gasteiger partial charge in [0.15, 0.2) is 5.82 Å². The van der Waals surface area contributed by atoms with Gasteiger partial charge in [-0.25, -0.2) is 9.97 Å². The van der Waals surface area contributed by atoms with Crippen molar-refractivity contribution >= 4 is 21.7 Å². The van der Waals surface area contributed by atoms with Gasteiger partial charge in [0.05, 0.1) is 11.0 Å². The fraction of sp³-hybridized carbons (Fsp3) is 0.250. The molecule has 0 aliphatic rings. The first-order valence-corrected chi connectivity index (χ1v) is 5.03. The smallest absolute Gasteiger partial charge is 0.245 e. The quantitative estimate of drug-likeness (QED) is 0.911. The Morgan fingerprint density at radius 2 is 2.40 bits per heavy atom. The van der Waals surface area contributed by atoms with Crippen molar-refractivity contribution in [1.29, 1.82) is 0 Å². The zero-order chi connectivity index (χ0) is 10.7. The molecule has 0 saturated carbocycles. The van der Waals surface area contributed by atoms with Gasteiger partial charge in [0, 0.05) is 6.20 Å². The monoisotopic (exact) mass is 269 g/mol. The van der Waals surface area contributed by atoms with Crippen molar-refractivity contribution in [3.63, 3.8) is 0 Å². The second-order valence-corrected chi connectivity index (χ2v) is 3.66. The van der Waals surface area contributed by atoms with E-state index in [1.165, 1.54) is 6.33 Å². The van der Waals surface area contributed by atoms with Crippen molar-refractivity contribution in [1.82, 2.24) is 20.1 Å². The van der Waals surface area contributed by atoms with Crippen LogP contribution in [0.25, 0.3) is 0 Å². The lowest BCUT2D eigenvalue weighted by Gasteiger charge is -2.02. The van der Waals surface area contributed by atoms with E-state index in [0.717, 1.165) is 4.47 Å². The van der Waals surface area contributed by atoms with Gasteiger partial charge in [-0.1, -0.05) is 5.16 Å². The van der Waals surface area contributed by atoms with Gasteiger partial charge in [0.2, 0.25) is 5.89 Å². The van der Waals surface area contributed by atoms with E-state index < -0.39 is 0 Å². The summed E-state index contributed by atoms with van der Waals surface area (Å²) in [4.78, 5) is 12.0. The molecule has 0 aliphatic heterocycles. The van der Waals surface area contributed by atoms with E-state index in [4.69, 9.17) is 4.52 Å². The van der Waals surface area contributed by atoms with Crippen LogP contribution < -0.4 is 5.32 Å². The minimum absolute atomic E-state index is 0.441. The number of aryl methyl sites for hydroxylation is 1. The van der Waals surface area contributed by atoms with E-state index in [9.17, 15) is 0 Å². The van der Waals surface area contributed by atoms with Gasteiger partial charge in [0.25, 0.3) is 0 Å². The molecule has 0 amide bonds. The summed E-state index contributed by atoms with van der Waals surface area (Å²) in [5.74, 6) is 1.84. The molecule has 0 bridgehead atoms. The molecule has 0 aromatic carbocycles. The van der Waals surface area contributed by atoms with Crippen LogP contribution in [0.15, 0.2) is 21.5 Å². The van der Waals surface area contributed by atoms with Crippen molar-refractivity contribution in [3.8, 4) is 0 Å². The molecule has 2 aromatic rings. The molecule has 0 aliphatic carbocycles. The number of rotatable bonds is 3. The highest BCUT2D eigenvalue weighted by Crippen LogP contribution is 2.17. The Kier molecular flexibility index (Phi) is 2.91. The van der Waals surface area contributed by atoms with Crippen molar-refractivity contribution in [2.75, 3.05) is 5.32 Å². The lowest BCUT2D eigenvalue weighted by molar-refractivity contribution is 0.379. The molecule has 0 saturated heterocycles. The molecule has 6 nitrogen and oxygen atoms in total. The highest BCUT2D eigenvalue weighted by atomic mass is 79.9. The van der Waals surface area contributed by atoms with E-state index in [1.807, 2.05) is 0 Å². The third-order valence-electron chi connectivity index (χ3n) is 1.64. The van der Waals surface area contributed by atoms with Gasteiger partial charge >= 0.3 is 0 Å². The molecule has 0 radical (unpaired) electrons. The molecule has 15 heavy (non-hydrogen) atoms. The second-order valence-electron chi connectivity index (χ2n) is 2.81. The van der Waals surface area contributed by atoms with Crippen LogP contribution in [0.5, 0.6) is 0 Å². The van der Waals surface area contributed by atoms with Crippen molar-refractivity contribution < 1.29 is 4.52 Å². The molecule has 0 spiro atoms. The summed E-state index contributed by atoms with van der Waals surface area (Å²) in [6.45, 7) is 2.21. The van der Waals surface area contributed by atoms with Crippen LogP contribution in [0.1, 0.15) is 11.7 Å². The number of nitrogens with zero attached hydrogens (tertiary/aromatic N) is 4. The Hall–Kier alpha value is -1.50. The van der Waals surface area contributed by atoms with E-state index >= 15 is 0 Å². The standard InChI is InChI=1S/C8H8BrN5O/c1-5-13-7(15-14-5)3-11-8-6(9)2-10-4-12-8/h2,4H,3H2,1H3,(H,10,11,12). The average molecular weight is 270 g/mol. The van der Waals surface area contributed by atoms with Gasteiger partial charge in [-0.05, 0) is 22.9 Å². The molecule has 2 rings (SSSR count). The zero-order valence-corrected chi connectivity index (χ0v) is 9.52. The minimum Gasteiger partial charge on any atom is -0.360 e. The van der Waals surface area contributed by atoms with E-state index in [-0.39, 0.29) is 0 Å². The van der Waals surface area contributed by atoms with Gasteiger partial charge < -0.3 is 9.84 Å². The van der Waals surface area contributed by atoms with Crippen molar-refractivity contribution in [3.05, 3.63) is 28.7 Å². The molecule has 2 heterocycles. The average Bonchev–Trinajstić information content (AvgIpc) is 2.63. The van der Waals surface area contributed by atoms with Gasteiger partial charge in [-0.2, -0.15) is 4.98 Å². The summed E-state index contributed by atoms with van der Waals surface area (Å²) in [6, 6.07) is 0. The molecule has 0 fully saturated rings. The third kappa shape index (κ3) is 2.50. The Bertz CT molecular complexity index is 458. The SMILES string of the molecule is Cc1noc(CNc2ncncc2Br)n1. The molecule has 1 N–H and O–H groups in total. The highest BCUT2D eigenvalue weighted by molar-refractivity contribution is 9.10. The number of hydrogen-bond acceptors (Lipinski definition) is 6. The minimum atomic E-state index is 0.441. The fourth-order valence-electron chi connectivity index (χ4n) is 1.01. The van der Waals surface area contributed by atoms with Crippen LogP contribution in [-0.2, 0) is 6.54 Å². The Balaban J connectivity index is 2.02. The molecule has 2 aromatic heterocycles. The molecule has 0 atom stereocenters. The Morgan fingerprint density at radius 3 is 3.07 bits per heavy atom. The Labute approximate surface area is 94.3 Å². The molecule has 78 valence electrons. The first-order chi connectivity index (χ1) is 7.25. The van der Waals surface area contributed by atoms with Gasteiger partial charge in [-0.15, -0.1) is 0 Å². The lowest BCUT2D eigenvalue weighted by Crippen LogP contribution is -2.02. The van der Waals surface area contributed by atoms with Crippen LogP contribution in [0.2, 0.25) is 0 Å². The maximum absolute atomic E-state index is 4.94. The predicted octanol–water partition coefficient (Wildman–Crippen LogP) is 1.54. The number of nitrogens with one attached hydrogen (secondary N) is 1. The summed E-state index contributed by atoms with van der Waals surface area (Å²) in [5, 5.41) is 6.73. The van der Waals surface area contributed by atoms with Gasteiger partial charge in [0.1, 0.15) is 12.1 Å². The predicted molar refractivity (Wildman–Crippen MR) is 56.1 cm³/mol. The highest BCUT2D eigenvalue weighted by Gasteiger charge is 2.04. The van der Waals surface area contributed by atoms with Crippen molar-refractivity contribution in [2.24, 2.45) is 0 Å². The molecule has 0 unspecified atom stereocenters. The normalized spacial score (nSPS) is 10.3. The fourth-order valence-corrected chi connectivity index (χ4v) is 1.37. The molecular weight excluding hydrogens is 262 g/mol. The first kappa shape index (κ1) is 10.0. The Morgan fingerprint density at radius 1 is 1.53 bits per heavy atom. The maximum Gasteiger partial charge on any atom is 0.245 e. The van der Waals surface area contributed by atoms with E-state index in [0.29, 0.717) is 24.1 Å². The maximum atomic E-state index is 4.94. The summed E-state index contributed by atoms with van der Waals surface area (Å²) in [6.07, 6.45) is 3.13. The summed E-state index contributed by atoms with van der Waals surface area (Å²) >= 11 is 3.32.